The van der Waals surface area contributed by atoms with Crippen molar-refractivity contribution in [3.8, 4) is 23.0 Å². The zero-order valence-corrected chi connectivity index (χ0v) is 75.4. The van der Waals surface area contributed by atoms with Crippen molar-refractivity contribution in [2.24, 2.45) is 5.73 Å². The molecule has 8 atom stereocenters. The smallest absolute Gasteiger partial charge is 0.407 e. The molecule has 13 heterocycles. The monoisotopic (exact) mass is 1810 g/mol. The van der Waals surface area contributed by atoms with Crippen LogP contribution in [0.1, 0.15) is 214 Å². The first kappa shape index (κ1) is 90.5. The number of esters is 1. The molecule has 8 aromatic heterocycles. The Balaban J connectivity index is 0.000000138. The van der Waals surface area contributed by atoms with E-state index < -0.39 is 63.7 Å². The highest BCUT2D eigenvalue weighted by Crippen LogP contribution is 2.48. The van der Waals surface area contributed by atoms with Gasteiger partial charge in [0.05, 0.1) is 75.2 Å². The van der Waals surface area contributed by atoms with E-state index in [0.29, 0.717) is 110 Å². The molecule has 0 aliphatic carbocycles. The molecule has 0 spiro atoms. The maximum atomic E-state index is 12.7. The van der Waals surface area contributed by atoms with Crippen molar-refractivity contribution < 1.29 is 72.1 Å². The van der Waals surface area contributed by atoms with Crippen LogP contribution in [0.2, 0.25) is 20.1 Å². The van der Waals surface area contributed by atoms with Crippen molar-refractivity contribution >= 4 is 128 Å². The van der Waals surface area contributed by atoms with E-state index in [9.17, 15) is 39.0 Å². The van der Waals surface area contributed by atoms with Crippen LogP contribution in [0.25, 0.3) is 22.6 Å². The number of halogens is 4. The fourth-order valence-corrected chi connectivity index (χ4v) is 16.5. The highest BCUT2D eigenvalue weighted by molar-refractivity contribution is 6.32. The van der Waals surface area contributed by atoms with E-state index in [2.05, 4.69) is 77.5 Å². The van der Waals surface area contributed by atoms with Gasteiger partial charge in [-0.2, -0.15) is 20.4 Å². The Bertz CT molecular complexity index is 6310. The quantitative estimate of drug-likeness (QED) is 0.0282. The van der Waals surface area contributed by atoms with Crippen LogP contribution in [0, 0.1) is 0 Å². The fraction of sp³-hybridized carbons (Fsp3) is 0.386. The second kappa shape index (κ2) is 35.6. The van der Waals surface area contributed by atoms with Gasteiger partial charge in [-0.05, 0) is 177 Å². The first-order chi connectivity index (χ1) is 59.9. The van der Waals surface area contributed by atoms with Gasteiger partial charge in [0.2, 0.25) is 0 Å². The maximum absolute atomic E-state index is 12.7. The van der Waals surface area contributed by atoms with E-state index in [1.165, 1.54) is 38.3 Å². The van der Waals surface area contributed by atoms with Crippen molar-refractivity contribution in [2.45, 2.75) is 187 Å². The van der Waals surface area contributed by atoms with Crippen LogP contribution < -0.4 is 61.9 Å². The molecule has 0 saturated heterocycles. The number of nitrogens with zero attached hydrogens (tertiary/aromatic N) is 12. The minimum atomic E-state index is -1.10. The third-order valence-corrected chi connectivity index (χ3v) is 22.2. The number of aromatic nitrogens is 12. The van der Waals surface area contributed by atoms with Crippen molar-refractivity contribution in [3.05, 3.63) is 209 Å². The molecule has 127 heavy (non-hydrogen) atoms. The number of rotatable bonds is 18. The molecule has 4 aromatic carbocycles. The molecule has 3 amide bonds. The summed E-state index contributed by atoms with van der Waals surface area (Å²) in [7, 11) is 0. The van der Waals surface area contributed by atoms with E-state index in [-0.39, 0.29) is 72.2 Å². The van der Waals surface area contributed by atoms with Gasteiger partial charge in [-0.1, -0.05) is 46.4 Å². The Morgan fingerprint density at radius 1 is 0.535 bits per heavy atom. The predicted molar refractivity (Wildman–Crippen MR) is 477 cm³/mol. The molecule has 17 rings (SSSR count). The minimum absolute atomic E-state index is 0.0153. The van der Waals surface area contributed by atoms with E-state index in [4.69, 9.17) is 85.3 Å². The highest BCUT2D eigenvalue weighted by Gasteiger charge is 2.43. The summed E-state index contributed by atoms with van der Waals surface area (Å²) in [4.78, 5) is 90.0. The molecular formula is C88H98Cl4N20O15. The summed E-state index contributed by atoms with van der Waals surface area (Å²) in [6.45, 7) is 29.9. The molecule has 0 fully saturated rings. The number of carbonyl (C=O) groups excluding carboxylic acids is 4. The number of alkyl carbamates (subject to hydrolysis) is 2. The van der Waals surface area contributed by atoms with Gasteiger partial charge in [-0.25, -0.2) is 62.0 Å². The molecule has 4 bridgehead atoms. The van der Waals surface area contributed by atoms with Crippen LogP contribution in [-0.4, -0.2) is 171 Å². The average molecular weight is 1820 g/mol. The van der Waals surface area contributed by atoms with E-state index in [0.717, 1.165) is 61.8 Å². The normalized spacial score (nSPS) is 19.4. The largest absolute Gasteiger partial charge is 0.485 e. The molecule has 12 aromatic rings. The van der Waals surface area contributed by atoms with Crippen LogP contribution in [-0.2, 0) is 39.9 Å². The lowest BCUT2D eigenvalue weighted by Gasteiger charge is -2.27. The van der Waals surface area contributed by atoms with Gasteiger partial charge < -0.3 is 86.3 Å². The number of carboxylic acids is 2. The number of fused-ring (bicyclic) bond motifs is 8. The second-order valence-electron chi connectivity index (χ2n) is 34.8. The summed E-state index contributed by atoms with van der Waals surface area (Å²) < 4.78 is 46.9. The number of carboxylic acid groups (broad SMARTS) is 2. The number of nitrogens with one attached hydrogen (secondary N) is 7. The number of nitrogens with two attached hydrogens (primary N) is 1. The third-order valence-electron chi connectivity index (χ3n) is 21.4. The third kappa shape index (κ3) is 20.6. The van der Waals surface area contributed by atoms with Gasteiger partial charge in [0, 0.05) is 122 Å². The number of aromatic carboxylic acids is 2. The number of ether oxygens (including phenoxy) is 7. The minimum Gasteiger partial charge on any atom is -0.485 e. The highest BCUT2D eigenvalue weighted by atomic mass is 35.5. The first-order valence-corrected chi connectivity index (χ1v) is 42.5. The van der Waals surface area contributed by atoms with Gasteiger partial charge >= 0.3 is 30.1 Å². The standard InChI is InChI=1S/C26H32ClN5O5.C24H28ClN5O5.C19H20ClN5O3.C19H18ClN5O2/c1-7-35-23(33)19-13-29-32-9-8-20(31-22(19)32)30-15(2)18-11-17(27)10-16-12-26(6,36-21(16)18)14-28-24(34)37-25(3,4)5;1-13(28-18-6-7-30-20(29-18)17(11-27-30)21(31)32)16-9-15(25)8-14-10-24(5,34-19(14)16)12-26-22(33)35-23(2,3)4;1-10(13-6-12(20)5-11-7-19(2,9-21)28-16(11)13)23-15-3-4-25-17(24-15)14(8-22-25)18(26)27;1-10-13-6-12(20)5-11-7-19(2,27-16(11)13)9-21-18(26)14-8-22-25-4-3-15(23-10)24-17(14)25/h8-11,13,15H,7,12,14H2,1-6H3,(H,28,34)(H,30,31);6-9,11,13H,10,12H2,1-5H3,(H,26,33)(H,28,29)(H,31,32);3-6,8,10H,7,9,21H2,1-2H3,(H,23,24)(H,26,27);3-6,8,10H,7,9H2,1-2H3,(H,21,26)(H,23,24)/t15-,26?;13-,24?;2*10-,19?/m1111/s1. The summed E-state index contributed by atoms with van der Waals surface area (Å²) >= 11 is 25.6. The van der Waals surface area contributed by atoms with Crippen molar-refractivity contribution in [2.75, 3.05) is 54.1 Å². The lowest BCUT2D eigenvalue weighted by Crippen LogP contribution is -2.45. The van der Waals surface area contributed by atoms with Gasteiger partial charge in [0.1, 0.15) is 102 Å². The van der Waals surface area contributed by atoms with Gasteiger partial charge in [0.25, 0.3) is 5.91 Å². The number of carbonyl (C=O) groups is 6. The van der Waals surface area contributed by atoms with Gasteiger partial charge in [0.15, 0.2) is 22.6 Å². The Morgan fingerprint density at radius 3 is 1.35 bits per heavy atom. The van der Waals surface area contributed by atoms with Crippen LogP contribution in [0.3, 0.4) is 0 Å². The SMILES string of the molecule is CCOC(=O)c1cnn2ccc(N[C@H](C)c3cc(Cl)cc4c3OC(C)(CNC(=O)OC(C)(C)C)C4)nc12.C[C@@H](Nc1ccn2ncc(C(=O)O)c2n1)c1cc(Cl)cc2c1OC(C)(CN)C2.C[C@@H](Nc1ccn2ncc(C(=O)O)c2n1)c1cc(Cl)cc2c1OC(C)(CNC(=O)OC(C)(C)C)C2.C[C@H]1Nc2ccn3ncc(c3n2)C(=O)NCC2(C)Cc3cc(Cl)cc1c3O2. The summed E-state index contributed by atoms with van der Waals surface area (Å²) in [6.07, 6.45) is 13.8. The molecule has 0 saturated carbocycles. The van der Waals surface area contributed by atoms with Crippen molar-refractivity contribution in [3.63, 3.8) is 0 Å². The number of benzene rings is 4. The molecule has 0 radical (unpaired) electrons. The van der Waals surface area contributed by atoms with E-state index in [1.54, 1.807) is 75.2 Å². The average Bonchev–Trinajstić information content (AvgIpc) is 1.63. The van der Waals surface area contributed by atoms with Crippen LogP contribution >= 0.6 is 46.4 Å². The lowest BCUT2D eigenvalue weighted by atomic mass is 9.97. The van der Waals surface area contributed by atoms with Crippen molar-refractivity contribution in [1.82, 2.24) is 74.3 Å². The van der Waals surface area contributed by atoms with Crippen LogP contribution in [0.15, 0.2) is 122 Å². The zero-order valence-electron chi connectivity index (χ0n) is 72.4. The topological polar surface area (TPSA) is 438 Å². The number of anilines is 4. The molecular weight excluding hydrogens is 1720 g/mol. The van der Waals surface area contributed by atoms with Gasteiger partial charge in [-0.3, -0.25) is 4.79 Å². The Kier molecular flexibility index (Phi) is 25.4. The summed E-state index contributed by atoms with van der Waals surface area (Å²) in [6, 6.07) is 21.3. The maximum Gasteiger partial charge on any atom is 0.407 e. The van der Waals surface area contributed by atoms with E-state index >= 15 is 0 Å². The molecule has 35 nitrogen and oxygen atoms in total. The number of amides is 3. The van der Waals surface area contributed by atoms with Crippen molar-refractivity contribution in [1.29, 1.82) is 0 Å². The Hall–Kier alpha value is -12.7. The Labute approximate surface area is 749 Å². The molecule has 5 aliphatic rings. The molecule has 11 N–H and O–H groups in total. The summed E-state index contributed by atoms with van der Waals surface area (Å²) in [5.74, 6) is 2.36. The molecule has 4 unspecified atom stereocenters. The zero-order chi connectivity index (χ0) is 91.3. The molecule has 668 valence electrons. The number of hydrogen-bond donors (Lipinski definition) is 10. The first-order valence-electron chi connectivity index (χ1n) is 41.0. The van der Waals surface area contributed by atoms with Crippen LogP contribution in [0.4, 0.5) is 32.9 Å². The summed E-state index contributed by atoms with van der Waals surface area (Å²) in [5, 5.41) is 59.4. The van der Waals surface area contributed by atoms with E-state index in [1.807, 2.05) is 131 Å². The Morgan fingerprint density at radius 2 is 0.921 bits per heavy atom. The molecule has 39 heteroatoms. The van der Waals surface area contributed by atoms with Gasteiger partial charge in [-0.15, -0.1) is 0 Å². The lowest BCUT2D eigenvalue weighted by molar-refractivity contribution is 0.0441. The predicted octanol–water partition coefficient (Wildman–Crippen LogP) is 15.3. The summed E-state index contributed by atoms with van der Waals surface area (Å²) in [5.41, 5.74) is 12.1. The molecule has 5 aliphatic heterocycles. The fourth-order valence-electron chi connectivity index (χ4n) is 15.5. The van der Waals surface area contributed by atoms with Crippen LogP contribution in [0.5, 0.6) is 23.0 Å². The second-order valence-corrected chi connectivity index (χ2v) is 36.5. The number of hydrogen-bond acceptors (Lipinski definition) is 26.